The third-order valence-corrected chi connectivity index (χ3v) is 4.94. The van der Waals surface area contributed by atoms with Crippen LogP contribution in [-0.4, -0.2) is 64.1 Å². The summed E-state index contributed by atoms with van der Waals surface area (Å²) >= 11 is 0. The molecule has 3 heterocycles. The number of hydrogen-bond acceptors (Lipinski definition) is 5. The second-order valence-electron chi connectivity index (χ2n) is 6.63. The monoisotopic (exact) mass is 379 g/mol. The predicted octanol–water partition coefficient (Wildman–Crippen LogP) is 1.33. The number of hydrogen-bond donors (Lipinski definition) is 1. The van der Waals surface area contributed by atoms with E-state index in [1.165, 1.54) is 0 Å². The Bertz CT molecular complexity index is 1010. The summed E-state index contributed by atoms with van der Waals surface area (Å²) < 4.78 is 7.07. The summed E-state index contributed by atoms with van der Waals surface area (Å²) in [6.07, 6.45) is 5.05. The molecule has 3 aromatic rings. The fraction of sp³-hybridized carbons (Fsp3) is 0.300. The topological polar surface area (TPSA) is 89.4 Å². The van der Waals surface area contributed by atoms with Gasteiger partial charge in [0.1, 0.15) is 11.2 Å². The highest BCUT2D eigenvalue weighted by molar-refractivity contribution is 6.04. The van der Waals surface area contributed by atoms with Crippen LogP contribution in [0.5, 0.6) is 0 Å². The largest absolute Gasteiger partial charge is 0.383 e. The Balaban J connectivity index is 1.52. The van der Waals surface area contributed by atoms with Gasteiger partial charge < -0.3 is 19.5 Å². The average Bonchev–Trinajstić information content (AvgIpc) is 3.20. The fourth-order valence-corrected chi connectivity index (χ4v) is 3.54. The lowest BCUT2D eigenvalue weighted by atomic mass is 10.1. The fourth-order valence-electron chi connectivity index (χ4n) is 3.54. The maximum Gasteiger partial charge on any atom is 0.270 e. The van der Waals surface area contributed by atoms with Gasteiger partial charge in [0.2, 0.25) is 0 Å². The lowest BCUT2D eigenvalue weighted by molar-refractivity contribution is 0.0504. The molecule has 1 aliphatic heterocycles. The molecule has 28 heavy (non-hydrogen) atoms. The second-order valence-corrected chi connectivity index (χ2v) is 6.63. The molecule has 144 valence electrons. The zero-order valence-corrected chi connectivity index (χ0v) is 15.5. The molecule has 1 aromatic carbocycles. The van der Waals surface area contributed by atoms with Gasteiger partial charge in [-0.1, -0.05) is 6.07 Å². The molecule has 1 N–H and O–H groups in total. The average molecular weight is 379 g/mol. The number of carbonyl (C=O) groups excluding carboxylic acids is 2. The molecule has 0 saturated carbocycles. The minimum absolute atomic E-state index is 0.0522. The van der Waals surface area contributed by atoms with E-state index < -0.39 is 0 Å². The van der Waals surface area contributed by atoms with Crippen molar-refractivity contribution in [3.8, 4) is 0 Å². The quantitative estimate of drug-likeness (QED) is 0.698. The number of nitrogens with zero attached hydrogens (tertiary/aromatic N) is 4. The molecule has 0 bridgehead atoms. The van der Waals surface area contributed by atoms with Gasteiger partial charge in [0, 0.05) is 45.3 Å². The van der Waals surface area contributed by atoms with Crippen molar-refractivity contribution >= 4 is 22.8 Å². The zero-order valence-electron chi connectivity index (χ0n) is 15.5. The lowest BCUT2D eigenvalue weighted by Gasteiger charge is -2.36. The van der Waals surface area contributed by atoms with Crippen LogP contribution in [0.3, 0.4) is 0 Å². The highest BCUT2D eigenvalue weighted by Crippen LogP contribution is 2.19. The standard InChI is InChI=1S/C20H21N5O3/c1-28-11-10-25-14(13-24-9-3-6-17(24)20(25)27)12-23-19(26)15-4-2-5-16-18(15)22-8-7-21-16/h2-9,14H,10-13H2,1H3,(H,23,26). The maximum absolute atomic E-state index is 12.8. The van der Waals surface area contributed by atoms with Gasteiger partial charge in [0.15, 0.2) is 0 Å². The van der Waals surface area contributed by atoms with E-state index in [1.54, 1.807) is 36.5 Å². The smallest absolute Gasteiger partial charge is 0.270 e. The number of nitrogens with one attached hydrogen (secondary N) is 1. The summed E-state index contributed by atoms with van der Waals surface area (Å²) in [5.41, 5.74) is 2.36. The third-order valence-electron chi connectivity index (χ3n) is 4.94. The number of methoxy groups -OCH3 is 1. The summed E-state index contributed by atoms with van der Waals surface area (Å²) in [4.78, 5) is 35.9. The molecule has 2 aromatic heterocycles. The van der Waals surface area contributed by atoms with Crippen LogP contribution < -0.4 is 5.32 Å². The van der Waals surface area contributed by atoms with Crippen LogP contribution in [0.15, 0.2) is 48.9 Å². The van der Waals surface area contributed by atoms with Crippen molar-refractivity contribution < 1.29 is 14.3 Å². The number of amides is 2. The first-order chi connectivity index (χ1) is 13.7. The summed E-state index contributed by atoms with van der Waals surface area (Å²) in [6, 6.07) is 8.84. The van der Waals surface area contributed by atoms with Crippen molar-refractivity contribution in [2.75, 3.05) is 26.8 Å². The zero-order chi connectivity index (χ0) is 19.5. The van der Waals surface area contributed by atoms with Gasteiger partial charge in [-0.15, -0.1) is 0 Å². The van der Waals surface area contributed by atoms with Crippen LogP contribution in [-0.2, 0) is 11.3 Å². The number of aromatic nitrogens is 3. The van der Waals surface area contributed by atoms with Crippen molar-refractivity contribution in [1.82, 2.24) is 24.8 Å². The first kappa shape index (κ1) is 18.1. The van der Waals surface area contributed by atoms with Crippen LogP contribution in [0, 0.1) is 0 Å². The molecule has 0 fully saturated rings. The van der Waals surface area contributed by atoms with Crippen LogP contribution in [0.1, 0.15) is 20.8 Å². The van der Waals surface area contributed by atoms with Crippen molar-refractivity contribution in [1.29, 1.82) is 0 Å². The van der Waals surface area contributed by atoms with Crippen LogP contribution in [0.4, 0.5) is 0 Å². The van der Waals surface area contributed by atoms with E-state index in [1.807, 2.05) is 29.0 Å². The Labute approximate surface area is 162 Å². The molecule has 0 spiro atoms. The number of carbonyl (C=O) groups is 2. The molecule has 2 amide bonds. The highest BCUT2D eigenvalue weighted by atomic mass is 16.5. The van der Waals surface area contributed by atoms with E-state index >= 15 is 0 Å². The van der Waals surface area contributed by atoms with Gasteiger partial charge >= 0.3 is 0 Å². The van der Waals surface area contributed by atoms with Gasteiger partial charge in [-0.25, -0.2) is 0 Å². The SMILES string of the molecule is COCCN1C(=O)c2cccn2CC1CNC(=O)c1cccc2nccnc12. The third kappa shape index (κ3) is 3.34. The molecular weight excluding hydrogens is 358 g/mol. The van der Waals surface area contributed by atoms with Crippen LogP contribution in [0.25, 0.3) is 11.0 Å². The van der Waals surface area contributed by atoms with Gasteiger partial charge in [-0.05, 0) is 24.3 Å². The molecule has 1 atom stereocenters. The van der Waals surface area contributed by atoms with Gasteiger partial charge in [-0.2, -0.15) is 0 Å². The Kier molecular flexibility index (Phi) is 5.03. The molecule has 4 rings (SSSR count). The summed E-state index contributed by atoms with van der Waals surface area (Å²) in [5, 5.41) is 2.96. The van der Waals surface area contributed by atoms with Crippen molar-refractivity contribution in [2.45, 2.75) is 12.6 Å². The number of rotatable bonds is 6. The molecule has 0 saturated heterocycles. The summed E-state index contributed by atoms with van der Waals surface area (Å²) in [5.74, 6) is -0.285. The molecule has 1 unspecified atom stereocenters. The van der Waals surface area contributed by atoms with Crippen LogP contribution >= 0.6 is 0 Å². The first-order valence-electron chi connectivity index (χ1n) is 9.12. The Morgan fingerprint density at radius 3 is 2.96 bits per heavy atom. The summed E-state index contributed by atoms with van der Waals surface area (Å²) in [7, 11) is 1.61. The van der Waals surface area contributed by atoms with Gasteiger partial charge in [0.25, 0.3) is 11.8 Å². The van der Waals surface area contributed by atoms with E-state index in [4.69, 9.17) is 4.74 Å². The normalized spacial score (nSPS) is 16.2. The predicted molar refractivity (Wildman–Crippen MR) is 103 cm³/mol. The molecule has 1 aliphatic rings. The van der Waals surface area contributed by atoms with Crippen molar-refractivity contribution in [3.05, 3.63) is 60.2 Å². The maximum atomic E-state index is 12.8. The number of fused-ring (bicyclic) bond motifs is 2. The van der Waals surface area contributed by atoms with Gasteiger partial charge in [-0.3, -0.25) is 19.6 Å². The Morgan fingerprint density at radius 1 is 1.25 bits per heavy atom. The number of benzene rings is 1. The van der Waals surface area contributed by atoms with Crippen molar-refractivity contribution in [2.24, 2.45) is 0 Å². The second kappa shape index (κ2) is 7.77. The van der Waals surface area contributed by atoms with E-state index in [2.05, 4.69) is 15.3 Å². The highest BCUT2D eigenvalue weighted by Gasteiger charge is 2.32. The van der Waals surface area contributed by atoms with E-state index in [9.17, 15) is 9.59 Å². The molecule has 8 nitrogen and oxygen atoms in total. The Hall–Kier alpha value is -3.26. The number of ether oxygens (including phenoxy) is 1. The van der Waals surface area contributed by atoms with Gasteiger partial charge in [0.05, 0.1) is 23.7 Å². The van der Waals surface area contributed by atoms with E-state index in [0.29, 0.717) is 48.5 Å². The Morgan fingerprint density at radius 2 is 2.11 bits per heavy atom. The molecular formula is C20H21N5O3. The van der Waals surface area contributed by atoms with E-state index in [-0.39, 0.29) is 17.9 Å². The molecule has 8 heteroatoms. The minimum Gasteiger partial charge on any atom is -0.383 e. The van der Waals surface area contributed by atoms with Crippen molar-refractivity contribution in [3.63, 3.8) is 0 Å². The van der Waals surface area contributed by atoms with E-state index in [0.717, 1.165) is 0 Å². The first-order valence-corrected chi connectivity index (χ1v) is 9.12. The summed E-state index contributed by atoms with van der Waals surface area (Å²) in [6.45, 7) is 1.87. The lowest BCUT2D eigenvalue weighted by Crippen LogP contribution is -2.53. The number of para-hydroxylation sites is 1. The molecule has 0 radical (unpaired) electrons. The van der Waals surface area contributed by atoms with Crippen LogP contribution in [0.2, 0.25) is 0 Å². The minimum atomic E-state index is -0.233. The molecule has 0 aliphatic carbocycles.